The van der Waals surface area contributed by atoms with Gasteiger partial charge in [0.1, 0.15) is 17.5 Å². The number of rotatable bonds is 7. The fraction of sp³-hybridized carbons (Fsp3) is 0.400. The van der Waals surface area contributed by atoms with E-state index in [-0.39, 0.29) is 24.7 Å². The Morgan fingerprint density at radius 1 is 1.29 bits per heavy atom. The van der Waals surface area contributed by atoms with Crippen molar-refractivity contribution in [1.29, 1.82) is 0 Å². The molecule has 0 aliphatic carbocycles. The van der Waals surface area contributed by atoms with E-state index in [1.807, 2.05) is 30.3 Å². The van der Waals surface area contributed by atoms with Crippen LogP contribution in [0.5, 0.6) is 0 Å². The minimum Gasteiger partial charge on any atom is -0.445 e. The van der Waals surface area contributed by atoms with E-state index in [1.165, 1.54) is 6.92 Å². The number of aromatic nitrogens is 1. The van der Waals surface area contributed by atoms with E-state index in [2.05, 4.69) is 10.3 Å². The van der Waals surface area contributed by atoms with Crippen molar-refractivity contribution >= 4 is 17.7 Å². The van der Waals surface area contributed by atoms with Gasteiger partial charge in [-0.15, -0.1) is 0 Å². The van der Waals surface area contributed by atoms with Crippen molar-refractivity contribution in [1.82, 2.24) is 15.2 Å². The summed E-state index contributed by atoms with van der Waals surface area (Å²) < 4.78 is 5.86. The molecule has 1 aliphatic heterocycles. The van der Waals surface area contributed by atoms with Gasteiger partial charge in [0, 0.05) is 32.7 Å². The van der Waals surface area contributed by atoms with Gasteiger partial charge in [0.15, 0.2) is 5.89 Å². The van der Waals surface area contributed by atoms with Crippen LogP contribution in [0.3, 0.4) is 0 Å². The monoisotopic (exact) mass is 384 g/mol. The average molecular weight is 384 g/mol. The summed E-state index contributed by atoms with van der Waals surface area (Å²) in [7, 11) is 0. The Morgan fingerprint density at radius 3 is 2.71 bits per heavy atom. The van der Waals surface area contributed by atoms with E-state index in [4.69, 9.17) is 10.2 Å². The van der Waals surface area contributed by atoms with Crippen molar-refractivity contribution in [2.24, 2.45) is 5.73 Å². The second kappa shape index (κ2) is 8.69. The smallest absolute Gasteiger partial charge is 0.245 e. The number of nitrogens with zero attached hydrogens (tertiary/aromatic N) is 2. The third kappa shape index (κ3) is 4.97. The highest BCUT2D eigenvalue weighted by Gasteiger charge is 2.30. The first-order chi connectivity index (χ1) is 13.4. The number of oxazole rings is 1. The fourth-order valence-corrected chi connectivity index (χ4v) is 3.30. The minimum absolute atomic E-state index is 0.0287. The number of hydrogen-bond acceptors (Lipinski definition) is 5. The van der Waals surface area contributed by atoms with Crippen LogP contribution in [0, 0.1) is 0 Å². The highest BCUT2D eigenvalue weighted by molar-refractivity contribution is 5.87. The maximum atomic E-state index is 12.9. The number of hydrogen-bond donors (Lipinski definition) is 2. The van der Waals surface area contributed by atoms with Crippen LogP contribution in [0.25, 0.3) is 0 Å². The van der Waals surface area contributed by atoms with Crippen LogP contribution in [-0.4, -0.2) is 40.2 Å². The first-order valence-electron chi connectivity index (χ1n) is 9.28. The molecule has 3 rings (SSSR count). The largest absolute Gasteiger partial charge is 0.445 e. The molecule has 0 saturated carbocycles. The number of amides is 3. The second-order valence-corrected chi connectivity index (χ2v) is 6.91. The molecule has 1 aromatic heterocycles. The molecule has 8 nitrogen and oxygen atoms in total. The number of fused-ring (bicyclic) bond motifs is 1. The molecule has 0 spiro atoms. The highest BCUT2D eigenvalue weighted by atomic mass is 16.4. The lowest BCUT2D eigenvalue weighted by molar-refractivity contribution is -0.137. The van der Waals surface area contributed by atoms with E-state index in [1.54, 1.807) is 4.90 Å². The van der Waals surface area contributed by atoms with Gasteiger partial charge in [-0.2, -0.15) is 0 Å². The van der Waals surface area contributed by atoms with E-state index >= 15 is 0 Å². The van der Waals surface area contributed by atoms with E-state index < -0.39 is 11.9 Å². The van der Waals surface area contributed by atoms with Crippen LogP contribution >= 0.6 is 0 Å². The normalized spacial score (nSPS) is 14.2. The Morgan fingerprint density at radius 2 is 2.04 bits per heavy atom. The molecular weight excluding hydrogens is 360 g/mol. The second-order valence-electron chi connectivity index (χ2n) is 6.91. The molecule has 1 atom stereocenters. The predicted octanol–water partition coefficient (Wildman–Crippen LogP) is 0.920. The van der Waals surface area contributed by atoms with Gasteiger partial charge < -0.3 is 20.4 Å². The molecular formula is C20H24N4O4. The molecule has 0 bridgehead atoms. The molecule has 8 heteroatoms. The van der Waals surface area contributed by atoms with Gasteiger partial charge >= 0.3 is 0 Å². The van der Waals surface area contributed by atoms with E-state index in [0.29, 0.717) is 31.8 Å². The maximum Gasteiger partial charge on any atom is 0.245 e. The molecule has 3 amide bonds. The zero-order chi connectivity index (χ0) is 20.1. The van der Waals surface area contributed by atoms with Crippen molar-refractivity contribution in [2.75, 3.05) is 6.54 Å². The van der Waals surface area contributed by atoms with Crippen molar-refractivity contribution < 1.29 is 18.8 Å². The lowest BCUT2D eigenvalue weighted by Gasteiger charge is -2.29. The van der Waals surface area contributed by atoms with Crippen LogP contribution in [0.2, 0.25) is 0 Å². The zero-order valence-corrected chi connectivity index (χ0v) is 15.8. The molecule has 148 valence electrons. The Labute approximate surface area is 163 Å². The summed E-state index contributed by atoms with van der Waals surface area (Å²) in [6.45, 7) is 2.13. The summed E-state index contributed by atoms with van der Waals surface area (Å²) in [5, 5.41) is 2.61. The summed E-state index contributed by atoms with van der Waals surface area (Å²) in [4.78, 5) is 41.5. The number of primary amides is 1. The Balaban J connectivity index is 1.68. The van der Waals surface area contributed by atoms with Crippen LogP contribution in [0.15, 0.2) is 34.7 Å². The van der Waals surface area contributed by atoms with Crippen LogP contribution in [-0.2, 0) is 33.8 Å². The maximum absolute atomic E-state index is 12.9. The number of carbonyl (C=O) groups excluding carboxylic acids is 3. The standard InChI is InChI=1S/C20H24N4O4/c1-13(25)22-15(7-8-18(21)26)20(27)24-10-9-17-16(12-24)23-19(28-17)11-14-5-3-2-4-6-14/h2-6,15H,7-12H2,1H3,(H2,21,26)(H,22,25)/t15-/m0/s1. The fourth-order valence-electron chi connectivity index (χ4n) is 3.30. The summed E-state index contributed by atoms with van der Waals surface area (Å²) >= 11 is 0. The summed E-state index contributed by atoms with van der Waals surface area (Å²) in [5.41, 5.74) is 7.02. The molecule has 3 N–H and O–H groups in total. The van der Waals surface area contributed by atoms with E-state index in [9.17, 15) is 14.4 Å². The molecule has 0 fully saturated rings. The zero-order valence-electron chi connectivity index (χ0n) is 15.8. The number of carbonyl (C=O) groups is 3. The third-order valence-electron chi connectivity index (χ3n) is 4.64. The topological polar surface area (TPSA) is 119 Å². The lowest BCUT2D eigenvalue weighted by atomic mass is 10.1. The van der Waals surface area contributed by atoms with Gasteiger partial charge in [0.05, 0.1) is 6.54 Å². The van der Waals surface area contributed by atoms with Gasteiger partial charge in [-0.1, -0.05) is 30.3 Å². The highest BCUT2D eigenvalue weighted by Crippen LogP contribution is 2.22. The predicted molar refractivity (Wildman–Crippen MR) is 101 cm³/mol. The number of nitrogens with one attached hydrogen (secondary N) is 1. The molecule has 2 heterocycles. The molecule has 0 radical (unpaired) electrons. The van der Waals surface area contributed by atoms with Crippen molar-refractivity contribution in [2.45, 2.75) is 45.2 Å². The van der Waals surface area contributed by atoms with Gasteiger partial charge in [0.25, 0.3) is 0 Å². The quantitative estimate of drug-likeness (QED) is 0.736. The van der Waals surface area contributed by atoms with E-state index in [0.717, 1.165) is 17.0 Å². The van der Waals surface area contributed by atoms with Gasteiger partial charge in [0.2, 0.25) is 17.7 Å². The summed E-state index contributed by atoms with van der Waals surface area (Å²) in [6.07, 6.45) is 1.36. The van der Waals surface area contributed by atoms with Crippen molar-refractivity contribution in [3.8, 4) is 0 Å². The van der Waals surface area contributed by atoms with Gasteiger partial charge in [-0.3, -0.25) is 14.4 Å². The third-order valence-corrected chi connectivity index (χ3v) is 4.64. The van der Waals surface area contributed by atoms with Gasteiger partial charge in [-0.25, -0.2) is 4.98 Å². The summed E-state index contributed by atoms with van der Waals surface area (Å²) in [5.74, 6) is 0.341. The lowest BCUT2D eigenvalue weighted by Crippen LogP contribution is -2.49. The SMILES string of the molecule is CC(=O)N[C@@H](CCC(N)=O)C(=O)N1CCc2oc(Cc3ccccc3)nc2C1. The number of benzene rings is 1. The molecule has 1 aromatic carbocycles. The van der Waals surface area contributed by atoms with Gasteiger partial charge in [-0.05, 0) is 12.0 Å². The van der Waals surface area contributed by atoms with Crippen LogP contribution in [0.1, 0.15) is 42.7 Å². The average Bonchev–Trinajstić information content (AvgIpc) is 3.06. The molecule has 0 unspecified atom stereocenters. The minimum atomic E-state index is -0.776. The van der Waals surface area contributed by atoms with Crippen molar-refractivity contribution in [3.05, 3.63) is 53.2 Å². The Hall–Kier alpha value is -3.16. The molecule has 2 aromatic rings. The first kappa shape index (κ1) is 19.6. The first-order valence-corrected chi connectivity index (χ1v) is 9.28. The Bertz CT molecular complexity index is 862. The molecule has 1 aliphatic rings. The Kier molecular flexibility index (Phi) is 6.08. The summed E-state index contributed by atoms with van der Waals surface area (Å²) in [6, 6.07) is 9.13. The number of nitrogens with two attached hydrogens (primary N) is 1. The van der Waals surface area contributed by atoms with Crippen LogP contribution < -0.4 is 11.1 Å². The molecule has 28 heavy (non-hydrogen) atoms. The van der Waals surface area contributed by atoms with Crippen LogP contribution in [0.4, 0.5) is 0 Å². The van der Waals surface area contributed by atoms with Crippen molar-refractivity contribution in [3.63, 3.8) is 0 Å². The molecule has 0 saturated heterocycles.